The lowest BCUT2D eigenvalue weighted by Gasteiger charge is -2.09. The van der Waals surface area contributed by atoms with Crippen molar-refractivity contribution in [3.63, 3.8) is 0 Å². The van der Waals surface area contributed by atoms with Gasteiger partial charge in [-0.25, -0.2) is 4.39 Å². The fraction of sp³-hybridized carbons (Fsp3) is 0.100. The van der Waals surface area contributed by atoms with E-state index in [0.717, 1.165) is 16.8 Å². The Labute approximate surface area is 150 Å². The van der Waals surface area contributed by atoms with Crippen molar-refractivity contribution in [1.82, 2.24) is 0 Å². The molecule has 0 fully saturated rings. The molecule has 0 radical (unpaired) electrons. The highest BCUT2D eigenvalue weighted by Crippen LogP contribution is 2.18. The van der Waals surface area contributed by atoms with Crippen LogP contribution in [0.3, 0.4) is 0 Å². The van der Waals surface area contributed by atoms with Gasteiger partial charge in [0.25, 0.3) is 5.69 Å². The fourth-order valence-corrected chi connectivity index (χ4v) is 2.40. The van der Waals surface area contributed by atoms with Gasteiger partial charge in [-0.2, -0.15) is 0 Å². The Bertz CT molecular complexity index is 880. The minimum Gasteiger partial charge on any atom is -0.489 e. The maximum Gasteiger partial charge on any atom is 0.269 e. The molecular formula is C20H17FN2O3. The van der Waals surface area contributed by atoms with Crippen LogP contribution in [0, 0.1) is 15.9 Å². The molecule has 0 amide bonds. The largest absolute Gasteiger partial charge is 0.489 e. The van der Waals surface area contributed by atoms with Gasteiger partial charge in [0.05, 0.1) is 4.92 Å². The molecule has 0 aliphatic rings. The Morgan fingerprint density at radius 1 is 0.962 bits per heavy atom. The lowest BCUT2D eigenvalue weighted by Crippen LogP contribution is -2.00. The third kappa shape index (κ3) is 4.80. The average molecular weight is 352 g/mol. The van der Waals surface area contributed by atoms with Gasteiger partial charge < -0.3 is 10.1 Å². The monoisotopic (exact) mass is 352 g/mol. The first-order valence-electron chi connectivity index (χ1n) is 8.05. The lowest BCUT2D eigenvalue weighted by molar-refractivity contribution is -0.384. The molecule has 0 saturated heterocycles. The summed E-state index contributed by atoms with van der Waals surface area (Å²) in [5, 5.41) is 13.8. The number of nitrogens with zero attached hydrogens (tertiary/aromatic N) is 1. The summed E-state index contributed by atoms with van der Waals surface area (Å²) in [5.74, 6) is 0.423. The second-order valence-electron chi connectivity index (χ2n) is 5.72. The highest BCUT2D eigenvalue weighted by atomic mass is 19.1. The molecule has 26 heavy (non-hydrogen) atoms. The molecule has 3 rings (SSSR count). The van der Waals surface area contributed by atoms with Crippen LogP contribution in [0.25, 0.3) is 0 Å². The molecular weight excluding hydrogens is 335 g/mol. The van der Waals surface area contributed by atoms with Crippen molar-refractivity contribution >= 4 is 11.4 Å². The van der Waals surface area contributed by atoms with Crippen molar-refractivity contribution in [1.29, 1.82) is 0 Å². The van der Waals surface area contributed by atoms with E-state index in [-0.39, 0.29) is 11.5 Å². The van der Waals surface area contributed by atoms with Crippen molar-refractivity contribution in [2.45, 2.75) is 13.2 Å². The summed E-state index contributed by atoms with van der Waals surface area (Å²) in [4.78, 5) is 10.2. The predicted molar refractivity (Wildman–Crippen MR) is 97.6 cm³/mol. The second kappa shape index (κ2) is 8.11. The van der Waals surface area contributed by atoms with E-state index in [0.29, 0.717) is 18.9 Å². The summed E-state index contributed by atoms with van der Waals surface area (Å²) in [6.45, 7) is 0.889. The molecule has 5 nitrogen and oxygen atoms in total. The minimum atomic E-state index is -0.424. The van der Waals surface area contributed by atoms with Gasteiger partial charge in [-0.1, -0.05) is 24.3 Å². The lowest BCUT2D eigenvalue weighted by atomic mass is 10.2. The Morgan fingerprint density at radius 3 is 2.35 bits per heavy atom. The molecule has 0 atom stereocenters. The number of rotatable bonds is 7. The van der Waals surface area contributed by atoms with Crippen molar-refractivity contribution in [2.24, 2.45) is 0 Å². The van der Waals surface area contributed by atoms with Gasteiger partial charge in [0, 0.05) is 24.4 Å². The molecule has 0 bridgehead atoms. The van der Waals surface area contributed by atoms with Crippen LogP contribution >= 0.6 is 0 Å². The van der Waals surface area contributed by atoms with Crippen LogP contribution in [-0.2, 0) is 13.2 Å². The fourth-order valence-electron chi connectivity index (χ4n) is 2.40. The number of non-ortho nitro benzene ring substituents is 1. The predicted octanol–water partition coefficient (Wildman–Crippen LogP) is 4.93. The number of hydrogen-bond donors (Lipinski definition) is 1. The summed E-state index contributed by atoms with van der Waals surface area (Å²) >= 11 is 0. The number of halogens is 1. The Kier molecular flexibility index (Phi) is 5.43. The molecule has 0 unspecified atom stereocenters. The van der Waals surface area contributed by atoms with Gasteiger partial charge in [-0.3, -0.25) is 10.1 Å². The maximum absolute atomic E-state index is 13.1. The Hall–Kier alpha value is -3.41. The summed E-state index contributed by atoms with van der Waals surface area (Å²) in [7, 11) is 0. The van der Waals surface area contributed by atoms with E-state index in [1.54, 1.807) is 18.2 Å². The highest BCUT2D eigenvalue weighted by molar-refractivity contribution is 5.49. The topological polar surface area (TPSA) is 64.4 Å². The molecule has 3 aromatic rings. The molecule has 0 aliphatic carbocycles. The number of hydrogen-bond acceptors (Lipinski definition) is 4. The number of nitro groups is 1. The number of nitro benzene ring substituents is 1. The first-order chi connectivity index (χ1) is 12.6. The summed E-state index contributed by atoms with van der Waals surface area (Å²) in [6.07, 6.45) is 0. The van der Waals surface area contributed by atoms with Gasteiger partial charge in [-0.05, 0) is 47.5 Å². The van der Waals surface area contributed by atoms with E-state index in [4.69, 9.17) is 4.74 Å². The van der Waals surface area contributed by atoms with Crippen LogP contribution in [0.15, 0.2) is 72.8 Å². The van der Waals surface area contributed by atoms with E-state index in [1.165, 1.54) is 24.3 Å². The van der Waals surface area contributed by atoms with Crippen molar-refractivity contribution in [3.8, 4) is 5.75 Å². The van der Waals surface area contributed by atoms with E-state index < -0.39 is 4.92 Å². The molecule has 0 heterocycles. The molecule has 0 saturated carbocycles. The summed E-state index contributed by atoms with van der Waals surface area (Å²) in [5.41, 5.74) is 2.69. The molecule has 0 spiro atoms. The third-order valence-corrected chi connectivity index (χ3v) is 3.79. The first-order valence-corrected chi connectivity index (χ1v) is 8.05. The van der Waals surface area contributed by atoms with E-state index in [2.05, 4.69) is 5.32 Å². The molecule has 1 N–H and O–H groups in total. The van der Waals surface area contributed by atoms with E-state index >= 15 is 0 Å². The van der Waals surface area contributed by atoms with Crippen molar-refractivity contribution in [2.75, 3.05) is 5.32 Å². The zero-order chi connectivity index (χ0) is 18.4. The smallest absolute Gasteiger partial charge is 0.269 e. The third-order valence-electron chi connectivity index (χ3n) is 3.79. The van der Waals surface area contributed by atoms with Gasteiger partial charge in [0.15, 0.2) is 0 Å². The maximum atomic E-state index is 13.1. The van der Waals surface area contributed by atoms with E-state index in [1.807, 2.05) is 30.3 Å². The van der Waals surface area contributed by atoms with Gasteiger partial charge in [0.1, 0.15) is 18.2 Å². The van der Waals surface area contributed by atoms with Crippen molar-refractivity contribution < 1.29 is 14.1 Å². The number of anilines is 1. The Balaban J connectivity index is 1.51. The summed E-state index contributed by atoms with van der Waals surface area (Å²) in [6, 6.07) is 20.2. The standard InChI is InChI=1S/C20H17FN2O3/c21-17-3-1-2-16(12-17)14-26-20-10-4-15(5-11-20)13-22-18-6-8-19(9-7-18)23(24)25/h1-12,22H,13-14H2. The van der Waals surface area contributed by atoms with Crippen LogP contribution in [0.1, 0.15) is 11.1 Å². The SMILES string of the molecule is O=[N+]([O-])c1ccc(NCc2ccc(OCc3cccc(F)c3)cc2)cc1. The Morgan fingerprint density at radius 2 is 1.69 bits per heavy atom. The van der Waals surface area contributed by atoms with Crippen LogP contribution in [0.4, 0.5) is 15.8 Å². The first kappa shape index (κ1) is 17.4. The van der Waals surface area contributed by atoms with Gasteiger partial charge in [0.2, 0.25) is 0 Å². The number of benzene rings is 3. The highest BCUT2D eigenvalue weighted by Gasteiger charge is 2.04. The molecule has 132 valence electrons. The van der Waals surface area contributed by atoms with Crippen LogP contribution in [-0.4, -0.2) is 4.92 Å². The van der Waals surface area contributed by atoms with Crippen LogP contribution in [0.5, 0.6) is 5.75 Å². The van der Waals surface area contributed by atoms with Gasteiger partial charge >= 0.3 is 0 Å². The normalized spacial score (nSPS) is 10.3. The molecule has 3 aromatic carbocycles. The minimum absolute atomic E-state index is 0.0651. The molecule has 6 heteroatoms. The quantitative estimate of drug-likeness (QED) is 0.484. The van der Waals surface area contributed by atoms with Crippen LogP contribution < -0.4 is 10.1 Å². The second-order valence-corrected chi connectivity index (χ2v) is 5.72. The van der Waals surface area contributed by atoms with Crippen LogP contribution in [0.2, 0.25) is 0 Å². The van der Waals surface area contributed by atoms with E-state index in [9.17, 15) is 14.5 Å². The molecule has 0 aliphatic heterocycles. The van der Waals surface area contributed by atoms with Crippen molar-refractivity contribution in [3.05, 3.63) is 99.9 Å². The zero-order valence-corrected chi connectivity index (χ0v) is 13.9. The summed E-state index contributed by atoms with van der Waals surface area (Å²) < 4.78 is 18.8. The average Bonchev–Trinajstić information content (AvgIpc) is 2.66. The zero-order valence-electron chi connectivity index (χ0n) is 13.9. The molecule has 0 aromatic heterocycles. The number of nitrogens with one attached hydrogen (secondary N) is 1. The van der Waals surface area contributed by atoms with Gasteiger partial charge in [-0.15, -0.1) is 0 Å². The number of ether oxygens (including phenoxy) is 1.